The van der Waals surface area contributed by atoms with E-state index in [1.807, 2.05) is 20.8 Å². The van der Waals surface area contributed by atoms with Crippen LogP contribution in [-0.2, 0) is 15.8 Å². The van der Waals surface area contributed by atoms with Gasteiger partial charge in [-0.2, -0.15) is 13.2 Å². The Bertz CT molecular complexity index is 1340. The number of hydrogen-bond acceptors (Lipinski definition) is 6. The molecule has 2 aliphatic carbocycles. The number of amides is 1. The predicted molar refractivity (Wildman–Crippen MR) is 129 cm³/mol. The second-order valence-corrected chi connectivity index (χ2v) is 10.5. The molecule has 0 aromatic heterocycles. The van der Waals surface area contributed by atoms with Crippen LogP contribution in [0.25, 0.3) is 0 Å². The summed E-state index contributed by atoms with van der Waals surface area (Å²) in [6.07, 6.45) is -3.41. The summed E-state index contributed by atoms with van der Waals surface area (Å²) in [6, 6.07) is 7.89. The number of hydrogen-bond donors (Lipinski definition) is 1. The zero-order chi connectivity index (χ0) is 27.4. The maximum Gasteiger partial charge on any atom is 0.416 e. The number of nitrogens with zero attached hydrogens (tertiary/aromatic N) is 2. The van der Waals surface area contributed by atoms with E-state index in [4.69, 9.17) is 16.4 Å². The fourth-order valence-corrected chi connectivity index (χ4v) is 5.66. The van der Waals surface area contributed by atoms with Gasteiger partial charge in [0, 0.05) is 23.6 Å². The van der Waals surface area contributed by atoms with Gasteiger partial charge in [-0.25, -0.2) is 4.79 Å². The number of carbonyl (C=O) groups is 2. The lowest BCUT2D eigenvalue weighted by Crippen LogP contribution is -2.43. The maximum absolute atomic E-state index is 13.5. The second kappa shape index (κ2) is 8.83. The lowest BCUT2D eigenvalue weighted by molar-refractivity contribution is -0.384. The number of benzene rings is 2. The van der Waals surface area contributed by atoms with Crippen molar-refractivity contribution >= 4 is 40.6 Å². The number of alkyl halides is 3. The minimum Gasteiger partial charge on any atom is -0.326 e. The molecule has 0 heterocycles. The molecule has 1 amide bonds. The van der Waals surface area contributed by atoms with Gasteiger partial charge in [0.1, 0.15) is 5.02 Å². The molecule has 2 atom stereocenters. The van der Waals surface area contributed by atoms with Gasteiger partial charge in [-0.05, 0) is 48.6 Å². The van der Waals surface area contributed by atoms with Gasteiger partial charge in [-0.3, -0.25) is 14.9 Å². The highest BCUT2D eigenvalue weighted by molar-refractivity contribution is 6.32. The molecule has 8 nitrogen and oxygen atoms in total. The normalized spacial score (nSPS) is 25.2. The molecular weight excluding hydrogens is 515 g/mol. The summed E-state index contributed by atoms with van der Waals surface area (Å²) < 4.78 is 39.4. The minimum absolute atomic E-state index is 0.0275. The Morgan fingerprint density at radius 1 is 1.14 bits per heavy atom. The molecule has 0 aliphatic heterocycles. The first-order valence-electron chi connectivity index (χ1n) is 11.3. The van der Waals surface area contributed by atoms with Gasteiger partial charge in [-0.15, -0.1) is 0 Å². The average Bonchev–Trinajstić information content (AvgIpc) is 3.13. The van der Waals surface area contributed by atoms with Crippen LogP contribution in [0.5, 0.6) is 0 Å². The third-order valence-corrected chi connectivity index (χ3v) is 8.55. The standard InChI is InChI=1S/C25H23ClF3N3O5/c1-22(2)23(3)9-10-24(22,21(34)30-16-6-4-5-15(12-16)25(27,28)29)13-19(23)31-37-20(33)14-7-8-17(26)18(11-14)32(35)36/h4-8,11-12H,9-10,13H2,1-3H3,(H,30,34)/b31-19+. The zero-order valence-electron chi connectivity index (χ0n) is 20.1. The van der Waals surface area contributed by atoms with E-state index < -0.39 is 50.5 Å². The number of carbonyl (C=O) groups excluding carboxylic acids is 2. The van der Waals surface area contributed by atoms with Gasteiger partial charge in [0.05, 0.1) is 27.2 Å². The van der Waals surface area contributed by atoms with Gasteiger partial charge >= 0.3 is 12.1 Å². The van der Waals surface area contributed by atoms with Crippen LogP contribution in [-0.4, -0.2) is 22.5 Å². The van der Waals surface area contributed by atoms with Gasteiger partial charge in [0.2, 0.25) is 5.91 Å². The Kier molecular flexibility index (Phi) is 6.34. The molecule has 0 radical (unpaired) electrons. The fraction of sp³-hybridized carbons (Fsp3) is 0.400. The summed E-state index contributed by atoms with van der Waals surface area (Å²) in [7, 11) is 0. The third-order valence-electron chi connectivity index (χ3n) is 8.23. The van der Waals surface area contributed by atoms with Crippen LogP contribution < -0.4 is 5.32 Å². The van der Waals surface area contributed by atoms with Crippen LogP contribution in [0.1, 0.15) is 56.0 Å². The highest BCUT2D eigenvalue weighted by Crippen LogP contribution is 2.71. The summed E-state index contributed by atoms with van der Waals surface area (Å²) in [5.41, 5.74) is -3.27. The number of nitrogens with one attached hydrogen (secondary N) is 1. The average molecular weight is 538 g/mol. The summed E-state index contributed by atoms with van der Waals surface area (Å²) >= 11 is 5.79. The molecule has 0 spiro atoms. The van der Waals surface area contributed by atoms with E-state index in [9.17, 15) is 32.9 Å². The first kappa shape index (κ1) is 26.6. The predicted octanol–water partition coefficient (Wildman–Crippen LogP) is 6.63. The summed E-state index contributed by atoms with van der Waals surface area (Å²) in [6.45, 7) is 5.68. The molecular formula is C25H23ClF3N3O5. The molecule has 2 aliphatic rings. The molecule has 37 heavy (non-hydrogen) atoms. The maximum atomic E-state index is 13.5. The van der Waals surface area contributed by atoms with Crippen LogP contribution in [0.4, 0.5) is 24.5 Å². The molecule has 2 fully saturated rings. The quantitative estimate of drug-likeness (QED) is 0.261. The Hall–Kier alpha value is -3.47. The first-order valence-corrected chi connectivity index (χ1v) is 11.7. The number of nitro groups is 1. The van der Waals surface area contributed by atoms with Crippen molar-refractivity contribution in [3.05, 3.63) is 68.7 Å². The molecule has 2 unspecified atom stereocenters. The number of fused-ring (bicyclic) bond motifs is 2. The van der Waals surface area contributed by atoms with E-state index in [0.29, 0.717) is 18.6 Å². The number of oxime groups is 1. The number of nitro benzene ring substituents is 1. The molecule has 196 valence electrons. The molecule has 2 saturated carbocycles. The number of rotatable bonds is 5. The van der Waals surface area contributed by atoms with E-state index in [0.717, 1.165) is 18.2 Å². The molecule has 0 saturated heterocycles. The van der Waals surface area contributed by atoms with Gasteiger partial charge in [0.15, 0.2) is 0 Å². The molecule has 4 rings (SSSR count). The van der Waals surface area contributed by atoms with E-state index >= 15 is 0 Å². The monoisotopic (exact) mass is 537 g/mol. The van der Waals surface area contributed by atoms with Crippen molar-refractivity contribution in [1.29, 1.82) is 0 Å². The smallest absolute Gasteiger partial charge is 0.326 e. The van der Waals surface area contributed by atoms with E-state index in [-0.39, 0.29) is 22.7 Å². The lowest BCUT2D eigenvalue weighted by atomic mass is 9.64. The van der Waals surface area contributed by atoms with Crippen LogP contribution in [0.3, 0.4) is 0 Å². The van der Waals surface area contributed by atoms with E-state index in [1.54, 1.807) is 0 Å². The Balaban J connectivity index is 1.58. The van der Waals surface area contributed by atoms with Crippen molar-refractivity contribution in [2.75, 3.05) is 5.32 Å². The topological polar surface area (TPSA) is 111 Å². The Labute approximate surface area is 215 Å². The second-order valence-electron chi connectivity index (χ2n) is 10.1. The van der Waals surface area contributed by atoms with Gasteiger partial charge in [0.25, 0.3) is 5.69 Å². The largest absolute Gasteiger partial charge is 0.416 e. The molecule has 1 N–H and O–H groups in total. The molecule has 2 bridgehead atoms. The van der Waals surface area contributed by atoms with Crippen molar-refractivity contribution in [3.8, 4) is 0 Å². The third kappa shape index (κ3) is 4.24. The number of halogens is 4. The van der Waals surface area contributed by atoms with Crippen molar-refractivity contribution in [2.45, 2.75) is 46.2 Å². The SMILES string of the molecule is CC12CCC(C(=O)Nc3cccc(C(F)(F)F)c3)(C/C1=N\OC(=O)c1ccc(Cl)c([N+](=O)[O-])c1)C2(C)C. The van der Waals surface area contributed by atoms with Gasteiger partial charge < -0.3 is 10.2 Å². The summed E-state index contributed by atoms with van der Waals surface area (Å²) in [5.74, 6) is -1.37. The molecule has 2 aromatic rings. The zero-order valence-corrected chi connectivity index (χ0v) is 20.9. The van der Waals surface area contributed by atoms with Crippen molar-refractivity contribution in [2.24, 2.45) is 21.4 Å². The van der Waals surface area contributed by atoms with Crippen LogP contribution in [0.15, 0.2) is 47.6 Å². The summed E-state index contributed by atoms with van der Waals surface area (Å²) in [5, 5.41) is 17.7. The Morgan fingerprint density at radius 3 is 2.49 bits per heavy atom. The fourth-order valence-electron chi connectivity index (χ4n) is 5.48. The highest BCUT2D eigenvalue weighted by atomic mass is 35.5. The van der Waals surface area contributed by atoms with Crippen molar-refractivity contribution in [1.82, 2.24) is 0 Å². The van der Waals surface area contributed by atoms with Crippen LogP contribution >= 0.6 is 11.6 Å². The van der Waals surface area contributed by atoms with Gasteiger partial charge in [-0.1, -0.05) is 43.6 Å². The lowest BCUT2D eigenvalue weighted by Gasteiger charge is -2.39. The minimum atomic E-state index is -4.55. The highest BCUT2D eigenvalue weighted by Gasteiger charge is 2.71. The van der Waals surface area contributed by atoms with Crippen LogP contribution in [0.2, 0.25) is 5.02 Å². The first-order chi connectivity index (χ1) is 17.1. The number of anilines is 1. The van der Waals surface area contributed by atoms with Crippen LogP contribution in [0, 0.1) is 26.4 Å². The molecule has 12 heteroatoms. The van der Waals surface area contributed by atoms with E-state index in [1.165, 1.54) is 24.3 Å². The molecule has 2 aromatic carbocycles. The van der Waals surface area contributed by atoms with Crippen molar-refractivity contribution < 1.29 is 32.5 Å². The summed E-state index contributed by atoms with van der Waals surface area (Å²) in [4.78, 5) is 41.6. The Morgan fingerprint density at radius 2 is 1.84 bits per heavy atom. The van der Waals surface area contributed by atoms with Crippen molar-refractivity contribution in [3.63, 3.8) is 0 Å². The van der Waals surface area contributed by atoms with E-state index in [2.05, 4.69) is 10.5 Å².